The first-order valence-corrected chi connectivity index (χ1v) is 5.58. The van der Waals surface area contributed by atoms with E-state index in [4.69, 9.17) is 9.84 Å². The van der Waals surface area contributed by atoms with E-state index in [0.717, 1.165) is 5.56 Å². The van der Waals surface area contributed by atoms with Gasteiger partial charge in [-0.15, -0.1) is 0 Å². The summed E-state index contributed by atoms with van der Waals surface area (Å²) in [4.78, 5) is 11.8. The van der Waals surface area contributed by atoms with E-state index in [0.29, 0.717) is 11.3 Å². The molecule has 0 radical (unpaired) electrons. The van der Waals surface area contributed by atoms with Crippen LogP contribution < -0.4 is 4.74 Å². The summed E-state index contributed by atoms with van der Waals surface area (Å²) in [6.45, 7) is 5.27. The molecule has 0 aliphatic heterocycles. The summed E-state index contributed by atoms with van der Waals surface area (Å²) in [5.41, 5.74) is 1.23. The van der Waals surface area contributed by atoms with Gasteiger partial charge in [0.2, 0.25) is 0 Å². The van der Waals surface area contributed by atoms with Crippen LogP contribution in [0.3, 0.4) is 0 Å². The molecule has 0 fully saturated rings. The number of hydrogen-bond donors (Lipinski definition) is 1. The Labute approximate surface area is 107 Å². The zero-order valence-corrected chi connectivity index (χ0v) is 10.3. The van der Waals surface area contributed by atoms with Crippen molar-refractivity contribution in [2.75, 3.05) is 0 Å². The fourth-order valence-electron chi connectivity index (χ4n) is 1.28. The average molecular weight is 244 g/mol. The number of allylic oxidation sites excluding steroid dienone is 3. The molecular weight excluding hydrogens is 228 g/mol. The Balaban J connectivity index is 2.73. The largest absolute Gasteiger partial charge is 0.423 e. The van der Waals surface area contributed by atoms with Gasteiger partial charge in [-0.1, -0.05) is 36.9 Å². The Morgan fingerprint density at radius 3 is 2.56 bits per heavy atom. The van der Waals surface area contributed by atoms with Crippen molar-refractivity contribution in [3.05, 3.63) is 66.3 Å². The van der Waals surface area contributed by atoms with Crippen molar-refractivity contribution in [3.63, 3.8) is 0 Å². The minimum absolute atomic E-state index is 0.0313. The highest BCUT2D eigenvalue weighted by molar-refractivity contribution is 5.93. The SMILES string of the molecule is C=C/C=C\C(=C/C)C(=O)Oc1ccc(CO)cc1. The summed E-state index contributed by atoms with van der Waals surface area (Å²) in [6.07, 6.45) is 6.57. The Kier molecular flexibility index (Phi) is 5.61. The van der Waals surface area contributed by atoms with Gasteiger partial charge in [-0.2, -0.15) is 0 Å². The molecule has 1 N–H and O–H groups in total. The summed E-state index contributed by atoms with van der Waals surface area (Å²) >= 11 is 0. The summed E-state index contributed by atoms with van der Waals surface area (Å²) in [5, 5.41) is 8.90. The van der Waals surface area contributed by atoms with E-state index in [-0.39, 0.29) is 6.61 Å². The maximum atomic E-state index is 11.8. The van der Waals surface area contributed by atoms with Crippen LogP contribution in [0.25, 0.3) is 0 Å². The summed E-state index contributed by atoms with van der Waals surface area (Å²) in [5.74, 6) is 0.0240. The van der Waals surface area contributed by atoms with Gasteiger partial charge in [-0.3, -0.25) is 0 Å². The number of rotatable bonds is 5. The van der Waals surface area contributed by atoms with Gasteiger partial charge in [0.25, 0.3) is 0 Å². The minimum Gasteiger partial charge on any atom is -0.423 e. The Bertz CT molecular complexity index is 467. The van der Waals surface area contributed by atoms with E-state index in [9.17, 15) is 4.79 Å². The molecule has 0 atom stereocenters. The monoisotopic (exact) mass is 244 g/mol. The molecule has 0 saturated heterocycles. The molecule has 18 heavy (non-hydrogen) atoms. The van der Waals surface area contributed by atoms with E-state index in [1.807, 2.05) is 0 Å². The van der Waals surface area contributed by atoms with E-state index >= 15 is 0 Å². The van der Waals surface area contributed by atoms with Crippen LogP contribution in [0.2, 0.25) is 0 Å². The highest BCUT2D eigenvalue weighted by atomic mass is 16.5. The van der Waals surface area contributed by atoms with Gasteiger partial charge in [0.1, 0.15) is 5.75 Å². The molecule has 0 spiro atoms. The minimum atomic E-state index is -0.424. The smallest absolute Gasteiger partial charge is 0.343 e. The molecule has 0 amide bonds. The number of aliphatic hydroxyl groups is 1. The second-order valence-corrected chi connectivity index (χ2v) is 3.53. The van der Waals surface area contributed by atoms with Crippen molar-refractivity contribution in [1.29, 1.82) is 0 Å². The highest BCUT2D eigenvalue weighted by Crippen LogP contribution is 2.14. The Hall–Kier alpha value is -2.13. The van der Waals surface area contributed by atoms with Crippen LogP contribution in [-0.2, 0) is 11.4 Å². The van der Waals surface area contributed by atoms with Crippen LogP contribution >= 0.6 is 0 Å². The lowest BCUT2D eigenvalue weighted by Crippen LogP contribution is -2.09. The van der Waals surface area contributed by atoms with Gasteiger partial charge in [0, 0.05) is 0 Å². The van der Waals surface area contributed by atoms with Crippen LogP contribution in [0, 0.1) is 0 Å². The molecule has 0 heterocycles. The molecule has 0 unspecified atom stereocenters. The van der Waals surface area contributed by atoms with Crippen LogP contribution in [0.4, 0.5) is 0 Å². The maximum absolute atomic E-state index is 11.8. The van der Waals surface area contributed by atoms with Crippen molar-refractivity contribution >= 4 is 5.97 Å². The lowest BCUT2D eigenvalue weighted by molar-refractivity contribution is -0.129. The van der Waals surface area contributed by atoms with Crippen molar-refractivity contribution in [2.24, 2.45) is 0 Å². The normalized spacial score (nSPS) is 11.6. The molecule has 3 nitrogen and oxygen atoms in total. The molecule has 1 rings (SSSR count). The number of ether oxygens (including phenoxy) is 1. The molecule has 0 aliphatic rings. The van der Waals surface area contributed by atoms with E-state index in [2.05, 4.69) is 6.58 Å². The molecular formula is C15H16O3. The molecule has 0 aromatic heterocycles. The average Bonchev–Trinajstić information content (AvgIpc) is 2.40. The predicted molar refractivity (Wildman–Crippen MR) is 71.1 cm³/mol. The van der Waals surface area contributed by atoms with E-state index in [1.165, 1.54) is 0 Å². The van der Waals surface area contributed by atoms with E-state index in [1.54, 1.807) is 55.5 Å². The van der Waals surface area contributed by atoms with Crippen molar-refractivity contribution in [2.45, 2.75) is 13.5 Å². The molecule has 1 aromatic carbocycles. The number of esters is 1. The number of carbonyl (C=O) groups excluding carboxylic acids is 1. The third kappa shape index (κ3) is 4.03. The second kappa shape index (κ2) is 7.25. The third-order valence-electron chi connectivity index (χ3n) is 2.28. The van der Waals surface area contributed by atoms with Crippen molar-refractivity contribution in [1.82, 2.24) is 0 Å². The standard InChI is InChI=1S/C15H16O3/c1-3-5-6-13(4-2)15(17)18-14-9-7-12(11-16)8-10-14/h3-10,16H,1,11H2,2H3/b6-5-,13-4+. The second-order valence-electron chi connectivity index (χ2n) is 3.53. The predicted octanol–water partition coefficient (Wildman–Crippen LogP) is 2.77. The lowest BCUT2D eigenvalue weighted by atomic mass is 10.2. The molecule has 0 aliphatic carbocycles. The van der Waals surface area contributed by atoms with Gasteiger partial charge in [0.15, 0.2) is 0 Å². The quantitative estimate of drug-likeness (QED) is 0.375. The third-order valence-corrected chi connectivity index (χ3v) is 2.28. The van der Waals surface area contributed by atoms with Crippen LogP contribution in [0.5, 0.6) is 5.75 Å². The number of hydrogen-bond acceptors (Lipinski definition) is 3. The summed E-state index contributed by atoms with van der Waals surface area (Å²) < 4.78 is 5.19. The molecule has 1 aromatic rings. The van der Waals surface area contributed by atoms with Crippen molar-refractivity contribution in [3.8, 4) is 5.75 Å². The fourth-order valence-corrected chi connectivity index (χ4v) is 1.28. The van der Waals surface area contributed by atoms with Crippen LogP contribution in [0.15, 0.2) is 60.7 Å². The summed E-state index contributed by atoms with van der Waals surface area (Å²) in [6, 6.07) is 6.71. The lowest BCUT2D eigenvalue weighted by Gasteiger charge is -2.05. The molecule has 0 saturated carbocycles. The molecule has 94 valence electrons. The van der Waals surface area contributed by atoms with Gasteiger partial charge in [-0.05, 0) is 30.7 Å². The van der Waals surface area contributed by atoms with Crippen molar-refractivity contribution < 1.29 is 14.6 Å². The van der Waals surface area contributed by atoms with E-state index < -0.39 is 5.97 Å². The van der Waals surface area contributed by atoms with Crippen LogP contribution in [0.1, 0.15) is 12.5 Å². The molecule has 0 bridgehead atoms. The first-order chi connectivity index (χ1) is 8.71. The zero-order valence-electron chi connectivity index (χ0n) is 10.3. The first-order valence-electron chi connectivity index (χ1n) is 5.58. The zero-order chi connectivity index (χ0) is 13.4. The van der Waals surface area contributed by atoms with Crippen LogP contribution in [-0.4, -0.2) is 11.1 Å². The van der Waals surface area contributed by atoms with Gasteiger partial charge in [-0.25, -0.2) is 4.79 Å². The Morgan fingerprint density at radius 2 is 2.06 bits per heavy atom. The molecule has 3 heteroatoms. The highest BCUT2D eigenvalue weighted by Gasteiger charge is 2.08. The summed E-state index contributed by atoms with van der Waals surface area (Å²) in [7, 11) is 0. The maximum Gasteiger partial charge on any atom is 0.343 e. The number of benzene rings is 1. The van der Waals surface area contributed by atoms with Gasteiger partial charge >= 0.3 is 5.97 Å². The number of carbonyl (C=O) groups is 1. The topological polar surface area (TPSA) is 46.5 Å². The number of aliphatic hydroxyl groups excluding tert-OH is 1. The van der Waals surface area contributed by atoms with Gasteiger partial charge < -0.3 is 9.84 Å². The first kappa shape index (κ1) is 13.9. The fraction of sp³-hybridized carbons (Fsp3) is 0.133. The van der Waals surface area contributed by atoms with Gasteiger partial charge in [0.05, 0.1) is 12.2 Å². The Morgan fingerprint density at radius 1 is 1.39 bits per heavy atom.